The molecule has 1 aromatic heterocycles. The van der Waals surface area contributed by atoms with E-state index in [-0.39, 0.29) is 24.2 Å². The molecule has 0 unspecified atom stereocenters. The summed E-state index contributed by atoms with van der Waals surface area (Å²) >= 11 is 0. The van der Waals surface area contributed by atoms with E-state index >= 15 is 0 Å². The van der Waals surface area contributed by atoms with Crippen LogP contribution in [0.25, 0.3) is 0 Å². The van der Waals surface area contributed by atoms with E-state index in [0.29, 0.717) is 37.4 Å². The first-order chi connectivity index (χ1) is 18.5. The highest BCUT2D eigenvalue weighted by molar-refractivity contribution is 5.78. The molecule has 4 rings (SSSR count). The molecule has 1 N–H and O–H groups in total. The predicted molar refractivity (Wildman–Crippen MR) is 150 cm³/mol. The van der Waals surface area contributed by atoms with Crippen molar-refractivity contribution >= 4 is 11.9 Å². The van der Waals surface area contributed by atoms with Gasteiger partial charge in [-0.3, -0.25) is 14.5 Å². The van der Waals surface area contributed by atoms with Crippen molar-refractivity contribution in [3.63, 3.8) is 0 Å². The maximum absolute atomic E-state index is 13.0. The van der Waals surface area contributed by atoms with Gasteiger partial charge in [0, 0.05) is 43.9 Å². The van der Waals surface area contributed by atoms with E-state index in [9.17, 15) is 14.7 Å². The first kappa shape index (κ1) is 28.9. The van der Waals surface area contributed by atoms with Crippen molar-refractivity contribution in [2.75, 3.05) is 26.2 Å². The maximum Gasteiger partial charge on any atom is 0.303 e. The lowest BCUT2D eigenvalue weighted by Gasteiger charge is -2.40. The minimum absolute atomic E-state index is 0.00956. The number of likely N-dealkylation sites (tertiary alicyclic amines) is 1. The summed E-state index contributed by atoms with van der Waals surface area (Å²) in [7, 11) is 0. The van der Waals surface area contributed by atoms with Crippen LogP contribution in [0, 0.1) is 10.8 Å². The van der Waals surface area contributed by atoms with E-state index in [1.54, 1.807) is 6.20 Å². The number of amides is 1. The van der Waals surface area contributed by atoms with Gasteiger partial charge in [-0.2, -0.15) is 0 Å². The standard InChI is InChI=1S/C31H43N3O5/c1-30(2)14-8-16-34(24-12-17-33(18-13-24)27(35)19-31(3,4)20-28(36)37)21-23-9-7-15-32-29(23)39-26-11-6-5-10-25(26)38-22-30/h5-7,9-11,15,24H,8,12-14,16-22H2,1-4H3,(H,36,37). The summed E-state index contributed by atoms with van der Waals surface area (Å²) in [5.41, 5.74) is 0.484. The van der Waals surface area contributed by atoms with Crippen LogP contribution in [0.5, 0.6) is 17.4 Å². The van der Waals surface area contributed by atoms with Crippen molar-refractivity contribution in [3.05, 3.63) is 48.2 Å². The fraction of sp³-hybridized carbons (Fsp3) is 0.581. The van der Waals surface area contributed by atoms with E-state index in [1.807, 2.05) is 49.1 Å². The Morgan fingerprint density at radius 1 is 1.05 bits per heavy atom. The Morgan fingerprint density at radius 3 is 2.49 bits per heavy atom. The van der Waals surface area contributed by atoms with Crippen LogP contribution >= 0.6 is 0 Å². The molecule has 2 aromatic rings. The Morgan fingerprint density at radius 2 is 1.77 bits per heavy atom. The minimum atomic E-state index is -0.866. The lowest BCUT2D eigenvalue weighted by molar-refractivity contribution is -0.141. The van der Waals surface area contributed by atoms with Gasteiger partial charge in [-0.1, -0.05) is 45.9 Å². The molecule has 8 nitrogen and oxygen atoms in total. The Labute approximate surface area is 232 Å². The fourth-order valence-electron chi connectivity index (χ4n) is 5.58. The fourth-order valence-corrected chi connectivity index (χ4v) is 5.58. The number of para-hydroxylation sites is 2. The van der Waals surface area contributed by atoms with Crippen molar-refractivity contribution in [2.24, 2.45) is 10.8 Å². The van der Waals surface area contributed by atoms with Gasteiger partial charge in [0.25, 0.3) is 0 Å². The second-order valence-electron chi connectivity index (χ2n) is 12.6. The van der Waals surface area contributed by atoms with Crippen molar-refractivity contribution in [1.82, 2.24) is 14.8 Å². The van der Waals surface area contributed by atoms with Crippen molar-refractivity contribution < 1.29 is 24.2 Å². The number of carboxylic acids is 1. The number of hydrogen-bond acceptors (Lipinski definition) is 6. The van der Waals surface area contributed by atoms with Gasteiger partial charge in [0.05, 0.1) is 13.0 Å². The number of benzene rings is 1. The number of carbonyl (C=O) groups is 2. The number of carbonyl (C=O) groups excluding carboxylic acids is 1. The van der Waals surface area contributed by atoms with Gasteiger partial charge < -0.3 is 19.5 Å². The number of nitrogens with zero attached hydrogens (tertiary/aromatic N) is 3. The topological polar surface area (TPSA) is 92.2 Å². The van der Waals surface area contributed by atoms with Gasteiger partial charge >= 0.3 is 5.97 Å². The third kappa shape index (κ3) is 8.18. The number of aliphatic carboxylic acids is 1. The zero-order chi connectivity index (χ0) is 28.0. The summed E-state index contributed by atoms with van der Waals surface area (Å²) in [6.07, 6.45) is 5.84. The van der Waals surface area contributed by atoms with Crippen LogP contribution in [0.2, 0.25) is 0 Å². The molecular weight excluding hydrogens is 494 g/mol. The van der Waals surface area contributed by atoms with Crippen LogP contribution in [0.1, 0.15) is 71.8 Å². The predicted octanol–water partition coefficient (Wildman–Crippen LogP) is 5.76. The number of ether oxygens (including phenoxy) is 2. The average molecular weight is 538 g/mol. The van der Waals surface area contributed by atoms with E-state index in [2.05, 4.69) is 29.8 Å². The summed E-state index contributed by atoms with van der Waals surface area (Å²) < 4.78 is 12.6. The summed E-state index contributed by atoms with van der Waals surface area (Å²) in [6.45, 7) is 11.8. The van der Waals surface area contributed by atoms with Crippen LogP contribution in [-0.2, 0) is 16.1 Å². The number of aromatic nitrogens is 1. The maximum atomic E-state index is 13.0. The first-order valence-corrected chi connectivity index (χ1v) is 14.1. The number of pyridine rings is 1. The Bertz CT molecular complexity index is 1140. The molecule has 0 aliphatic carbocycles. The third-order valence-electron chi connectivity index (χ3n) is 7.79. The van der Waals surface area contributed by atoms with Crippen LogP contribution < -0.4 is 9.47 Å². The van der Waals surface area contributed by atoms with Crippen LogP contribution in [0.15, 0.2) is 42.6 Å². The van der Waals surface area contributed by atoms with E-state index in [0.717, 1.165) is 50.1 Å². The molecule has 3 heterocycles. The van der Waals surface area contributed by atoms with Crippen LogP contribution in [0.4, 0.5) is 0 Å². The molecular formula is C31H43N3O5. The van der Waals surface area contributed by atoms with Crippen molar-refractivity contribution in [3.8, 4) is 17.4 Å². The molecule has 1 saturated heterocycles. The number of hydrogen-bond donors (Lipinski definition) is 1. The minimum Gasteiger partial charge on any atom is -0.489 e. The number of rotatable bonds is 5. The largest absolute Gasteiger partial charge is 0.489 e. The lowest BCUT2D eigenvalue weighted by Crippen LogP contribution is -2.47. The number of fused-ring (bicyclic) bond motifs is 2. The molecule has 1 fully saturated rings. The average Bonchev–Trinajstić information content (AvgIpc) is 2.88. The molecule has 8 heteroatoms. The van der Waals surface area contributed by atoms with Crippen molar-refractivity contribution in [2.45, 2.75) is 78.8 Å². The van der Waals surface area contributed by atoms with E-state index in [4.69, 9.17) is 9.47 Å². The van der Waals surface area contributed by atoms with E-state index in [1.165, 1.54) is 0 Å². The zero-order valence-corrected chi connectivity index (χ0v) is 23.8. The molecule has 212 valence electrons. The summed E-state index contributed by atoms with van der Waals surface area (Å²) in [5, 5.41) is 9.18. The van der Waals surface area contributed by atoms with Gasteiger partial charge in [-0.25, -0.2) is 4.98 Å². The summed E-state index contributed by atoms with van der Waals surface area (Å²) in [5.74, 6) is 1.16. The van der Waals surface area contributed by atoms with Gasteiger partial charge in [-0.15, -0.1) is 0 Å². The molecule has 1 aromatic carbocycles. The molecule has 0 spiro atoms. The van der Waals surface area contributed by atoms with Gasteiger partial charge in [-0.05, 0) is 61.3 Å². The summed E-state index contributed by atoms with van der Waals surface area (Å²) in [6, 6.07) is 12.1. The highest BCUT2D eigenvalue weighted by Gasteiger charge is 2.32. The Hall–Kier alpha value is -3.13. The molecule has 2 aliphatic rings. The quantitative estimate of drug-likeness (QED) is 0.519. The van der Waals surface area contributed by atoms with E-state index < -0.39 is 11.4 Å². The highest BCUT2D eigenvalue weighted by atomic mass is 16.5. The number of piperidine rings is 1. The number of carboxylic acid groups (broad SMARTS) is 1. The van der Waals surface area contributed by atoms with Gasteiger partial charge in [0.15, 0.2) is 11.5 Å². The van der Waals surface area contributed by atoms with Gasteiger partial charge in [0.2, 0.25) is 11.8 Å². The molecule has 2 aliphatic heterocycles. The van der Waals surface area contributed by atoms with Crippen LogP contribution in [-0.4, -0.2) is 64.0 Å². The van der Waals surface area contributed by atoms with Crippen molar-refractivity contribution in [1.29, 1.82) is 0 Å². The zero-order valence-electron chi connectivity index (χ0n) is 23.8. The molecule has 0 atom stereocenters. The Kier molecular flexibility index (Phi) is 9.15. The smallest absolute Gasteiger partial charge is 0.303 e. The SMILES string of the molecule is CC1(C)CCCN(C2CCN(C(=O)CC(C)(C)CC(=O)O)CC2)Cc2cccnc2Oc2ccccc2OC1. The third-order valence-corrected chi connectivity index (χ3v) is 7.79. The molecule has 0 radical (unpaired) electrons. The van der Waals surface area contributed by atoms with Crippen LogP contribution in [0.3, 0.4) is 0 Å². The summed E-state index contributed by atoms with van der Waals surface area (Å²) in [4.78, 5) is 33.2. The molecule has 39 heavy (non-hydrogen) atoms. The Balaban J connectivity index is 1.49. The molecule has 1 amide bonds. The highest BCUT2D eigenvalue weighted by Crippen LogP contribution is 2.35. The first-order valence-electron chi connectivity index (χ1n) is 14.1. The molecule has 0 bridgehead atoms. The molecule has 0 saturated carbocycles. The normalized spacial score (nSPS) is 19.2. The second kappa shape index (κ2) is 12.4. The lowest BCUT2D eigenvalue weighted by atomic mass is 9.85. The monoisotopic (exact) mass is 537 g/mol. The second-order valence-corrected chi connectivity index (χ2v) is 12.6. The van der Waals surface area contributed by atoms with Gasteiger partial charge in [0.1, 0.15) is 0 Å².